The Morgan fingerprint density at radius 2 is 2.09 bits per heavy atom. The van der Waals surface area contributed by atoms with Gasteiger partial charge in [-0.1, -0.05) is 0 Å². The largest absolute Gasteiger partial charge is 0.504 e. The average molecular weight is 339 g/mol. The number of anilines is 1. The van der Waals surface area contributed by atoms with E-state index in [1.807, 2.05) is 0 Å². The Balaban J connectivity index is 2.88. The summed E-state index contributed by atoms with van der Waals surface area (Å²) in [6.07, 6.45) is 1.50. The Kier molecular flexibility index (Phi) is 4.42. The normalized spacial score (nSPS) is 11.5. The van der Waals surface area contributed by atoms with Crippen LogP contribution in [0.5, 0.6) is 5.75 Å². The standard InChI is InChI=1S/C14H17N3O5S/c1-5-23(20,21)17(3)13-9-6-8(2)7-15-10(9)12(18)11(16-13)14(19)22-4/h6-7,18H,5H2,1-4H3. The monoisotopic (exact) mass is 339 g/mol. The lowest BCUT2D eigenvalue weighted by Crippen LogP contribution is -2.29. The van der Waals surface area contributed by atoms with Crippen molar-refractivity contribution in [2.45, 2.75) is 13.8 Å². The highest BCUT2D eigenvalue weighted by Crippen LogP contribution is 2.33. The van der Waals surface area contributed by atoms with Crippen molar-refractivity contribution in [1.82, 2.24) is 9.97 Å². The van der Waals surface area contributed by atoms with Crippen molar-refractivity contribution < 1.29 is 23.1 Å². The zero-order valence-electron chi connectivity index (χ0n) is 13.2. The van der Waals surface area contributed by atoms with Crippen molar-refractivity contribution in [2.24, 2.45) is 0 Å². The van der Waals surface area contributed by atoms with Gasteiger partial charge in [-0.05, 0) is 25.5 Å². The predicted molar refractivity (Wildman–Crippen MR) is 85.1 cm³/mol. The number of sulfonamides is 1. The van der Waals surface area contributed by atoms with E-state index in [1.54, 1.807) is 13.0 Å². The molecule has 0 amide bonds. The van der Waals surface area contributed by atoms with E-state index in [9.17, 15) is 18.3 Å². The molecule has 2 rings (SSSR count). The minimum atomic E-state index is -3.61. The Bertz CT molecular complexity index is 880. The number of nitrogens with zero attached hydrogens (tertiary/aromatic N) is 3. The first-order valence-corrected chi connectivity index (χ1v) is 8.38. The summed E-state index contributed by atoms with van der Waals surface area (Å²) in [7, 11) is -1.13. The van der Waals surface area contributed by atoms with Gasteiger partial charge < -0.3 is 9.84 Å². The number of rotatable bonds is 4. The first kappa shape index (κ1) is 16.9. The predicted octanol–water partition coefficient (Wildman–Crippen LogP) is 1.22. The first-order valence-electron chi connectivity index (χ1n) is 6.77. The zero-order chi connectivity index (χ0) is 17.4. The van der Waals surface area contributed by atoms with Gasteiger partial charge in [0.25, 0.3) is 0 Å². The summed E-state index contributed by atoms with van der Waals surface area (Å²) in [4.78, 5) is 19.9. The summed E-state index contributed by atoms with van der Waals surface area (Å²) < 4.78 is 29.9. The maximum absolute atomic E-state index is 12.2. The van der Waals surface area contributed by atoms with E-state index >= 15 is 0 Å². The van der Waals surface area contributed by atoms with Crippen molar-refractivity contribution in [3.63, 3.8) is 0 Å². The molecule has 0 aromatic carbocycles. The fraction of sp³-hybridized carbons (Fsp3) is 0.357. The second kappa shape index (κ2) is 5.99. The third kappa shape index (κ3) is 2.91. The van der Waals surface area contributed by atoms with Crippen molar-refractivity contribution in [1.29, 1.82) is 0 Å². The number of esters is 1. The molecule has 0 aliphatic rings. The molecular formula is C14H17N3O5S. The first-order chi connectivity index (χ1) is 10.7. The van der Waals surface area contributed by atoms with Gasteiger partial charge in [-0.2, -0.15) is 0 Å². The highest BCUT2D eigenvalue weighted by molar-refractivity contribution is 7.92. The van der Waals surface area contributed by atoms with Gasteiger partial charge in [0.1, 0.15) is 5.52 Å². The summed E-state index contributed by atoms with van der Waals surface area (Å²) in [5.74, 6) is -1.45. The number of carbonyl (C=O) groups is 1. The van der Waals surface area contributed by atoms with E-state index in [-0.39, 0.29) is 22.8 Å². The minimum Gasteiger partial charge on any atom is -0.504 e. The number of aromatic hydroxyl groups is 1. The summed E-state index contributed by atoms with van der Waals surface area (Å²) in [5.41, 5.74) is 0.455. The van der Waals surface area contributed by atoms with Crippen LogP contribution in [0.4, 0.5) is 5.82 Å². The van der Waals surface area contributed by atoms with Gasteiger partial charge in [0.15, 0.2) is 17.3 Å². The fourth-order valence-electron chi connectivity index (χ4n) is 2.06. The number of aromatic nitrogens is 2. The lowest BCUT2D eigenvalue weighted by atomic mass is 10.1. The van der Waals surface area contributed by atoms with Crippen LogP contribution in [-0.4, -0.2) is 49.4 Å². The highest BCUT2D eigenvalue weighted by Gasteiger charge is 2.26. The molecule has 8 nitrogen and oxygen atoms in total. The number of methoxy groups -OCH3 is 1. The molecule has 0 saturated heterocycles. The number of pyridine rings is 2. The van der Waals surface area contributed by atoms with E-state index in [0.29, 0.717) is 5.39 Å². The zero-order valence-corrected chi connectivity index (χ0v) is 14.0. The van der Waals surface area contributed by atoms with Gasteiger partial charge in [-0.15, -0.1) is 0 Å². The topological polar surface area (TPSA) is 110 Å². The fourth-order valence-corrected chi connectivity index (χ4v) is 2.85. The van der Waals surface area contributed by atoms with Crippen LogP contribution in [0.3, 0.4) is 0 Å². The molecule has 0 atom stereocenters. The number of hydrogen-bond acceptors (Lipinski definition) is 7. The molecule has 0 saturated carbocycles. The molecule has 23 heavy (non-hydrogen) atoms. The molecule has 2 aromatic heterocycles. The van der Waals surface area contributed by atoms with Crippen molar-refractivity contribution in [3.8, 4) is 5.75 Å². The number of carbonyl (C=O) groups excluding carboxylic acids is 1. The molecule has 0 aliphatic carbocycles. The molecular weight excluding hydrogens is 322 g/mol. The third-order valence-electron chi connectivity index (χ3n) is 3.39. The Morgan fingerprint density at radius 3 is 2.65 bits per heavy atom. The van der Waals surface area contributed by atoms with Gasteiger partial charge in [-0.25, -0.2) is 18.2 Å². The highest BCUT2D eigenvalue weighted by atomic mass is 32.2. The molecule has 1 N–H and O–H groups in total. The van der Waals surface area contributed by atoms with Gasteiger partial charge in [0, 0.05) is 18.6 Å². The van der Waals surface area contributed by atoms with Gasteiger partial charge >= 0.3 is 5.97 Å². The maximum atomic E-state index is 12.2. The van der Waals surface area contributed by atoms with Gasteiger partial charge in [-0.3, -0.25) is 9.29 Å². The van der Waals surface area contributed by atoms with Crippen molar-refractivity contribution in [2.75, 3.05) is 24.2 Å². The summed E-state index contributed by atoms with van der Waals surface area (Å²) in [6, 6.07) is 1.65. The summed E-state index contributed by atoms with van der Waals surface area (Å²) in [6.45, 7) is 3.27. The van der Waals surface area contributed by atoms with Gasteiger partial charge in [0.2, 0.25) is 10.0 Å². The molecule has 2 aromatic rings. The lowest BCUT2D eigenvalue weighted by molar-refractivity contribution is 0.0591. The molecule has 0 aliphatic heterocycles. The molecule has 0 bridgehead atoms. The molecule has 0 radical (unpaired) electrons. The maximum Gasteiger partial charge on any atom is 0.360 e. The quantitative estimate of drug-likeness (QED) is 0.834. The molecule has 0 unspecified atom stereocenters. The molecule has 0 spiro atoms. The van der Waals surface area contributed by atoms with E-state index in [4.69, 9.17) is 0 Å². The van der Waals surface area contributed by atoms with Crippen LogP contribution in [0.15, 0.2) is 12.3 Å². The van der Waals surface area contributed by atoms with Crippen LogP contribution >= 0.6 is 0 Å². The SMILES string of the molecule is CCS(=O)(=O)N(C)c1nc(C(=O)OC)c(O)c2ncc(C)cc12. The van der Waals surface area contributed by atoms with Gasteiger partial charge in [0.05, 0.1) is 12.9 Å². The van der Waals surface area contributed by atoms with Crippen LogP contribution in [0, 0.1) is 6.92 Å². The molecule has 0 fully saturated rings. The Labute approximate surface area is 133 Å². The number of fused-ring (bicyclic) bond motifs is 1. The number of hydrogen-bond donors (Lipinski definition) is 1. The smallest absolute Gasteiger partial charge is 0.360 e. The van der Waals surface area contributed by atoms with Crippen LogP contribution in [0.2, 0.25) is 0 Å². The van der Waals surface area contributed by atoms with Crippen LogP contribution in [-0.2, 0) is 14.8 Å². The van der Waals surface area contributed by atoms with E-state index < -0.39 is 21.7 Å². The van der Waals surface area contributed by atoms with E-state index in [2.05, 4.69) is 14.7 Å². The second-order valence-corrected chi connectivity index (χ2v) is 7.19. The summed E-state index contributed by atoms with van der Waals surface area (Å²) in [5, 5.41) is 10.5. The Hall–Kier alpha value is -2.42. The number of aryl methyl sites for hydroxylation is 1. The number of ether oxygens (including phenoxy) is 1. The third-order valence-corrected chi connectivity index (χ3v) is 5.13. The lowest BCUT2D eigenvalue weighted by Gasteiger charge is -2.20. The van der Waals surface area contributed by atoms with Crippen LogP contribution in [0.1, 0.15) is 23.0 Å². The van der Waals surface area contributed by atoms with E-state index in [1.165, 1.54) is 20.2 Å². The average Bonchev–Trinajstić information content (AvgIpc) is 2.53. The molecule has 2 heterocycles. The summed E-state index contributed by atoms with van der Waals surface area (Å²) >= 11 is 0. The van der Waals surface area contributed by atoms with Crippen molar-refractivity contribution >= 4 is 32.7 Å². The molecule has 124 valence electrons. The van der Waals surface area contributed by atoms with Crippen molar-refractivity contribution in [3.05, 3.63) is 23.5 Å². The molecule has 9 heteroatoms. The Morgan fingerprint density at radius 1 is 1.43 bits per heavy atom. The minimum absolute atomic E-state index is 0.0104. The second-order valence-electron chi connectivity index (χ2n) is 4.90. The van der Waals surface area contributed by atoms with E-state index in [0.717, 1.165) is 17.0 Å². The van der Waals surface area contributed by atoms with Crippen LogP contribution in [0.25, 0.3) is 10.9 Å². The van der Waals surface area contributed by atoms with Crippen LogP contribution < -0.4 is 4.31 Å².